The highest BCUT2D eigenvalue weighted by Crippen LogP contribution is 2.30. The van der Waals surface area contributed by atoms with Gasteiger partial charge in [-0.05, 0) is 40.1 Å². The SMILES string of the molecule is Brc1ccc2c(c1)-c1nnnn1CC(N1CCN(Cc3ccccc3)CC1)C2. The van der Waals surface area contributed by atoms with Gasteiger partial charge in [-0.25, -0.2) is 4.68 Å². The van der Waals surface area contributed by atoms with E-state index in [1.165, 1.54) is 11.1 Å². The molecule has 28 heavy (non-hydrogen) atoms. The van der Waals surface area contributed by atoms with E-state index in [1.807, 2.05) is 4.68 Å². The topological polar surface area (TPSA) is 50.1 Å². The summed E-state index contributed by atoms with van der Waals surface area (Å²) in [6, 6.07) is 17.6. The Hall–Kier alpha value is -2.09. The Balaban J connectivity index is 1.31. The maximum absolute atomic E-state index is 4.29. The number of aromatic nitrogens is 4. The first-order valence-corrected chi connectivity index (χ1v) is 10.6. The predicted molar refractivity (Wildman–Crippen MR) is 112 cm³/mol. The fraction of sp³-hybridized carbons (Fsp3) is 0.381. The van der Waals surface area contributed by atoms with Gasteiger partial charge in [-0.15, -0.1) is 5.10 Å². The molecule has 2 aliphatic heterocycles. The van der Waals surface area contributed by atoms with E-state index >= 15 is 0 Å². The van der Waals surface area contributed by atoms with Crippen molar-refractivity contribution in [1.82, 2.24) is 30.0 Å². The van der Waals surface area contributed by atoms with Crippen LogP contribution >= 0.6 is 15.9 Å². The Morgan fingerprint density at radius 3 is 2.64 bits per heavy atom. The number of tetrazole rings is 1. The third kappa shape index (κ3) is 3.62. The number of piperazine rings is 1. The summed E-state index contributed by atoms with van der Waals surface area (Å²) in [6.07, 6.45) is 1.02. The van der Waals surface area contributed by atoms with E-state index in [2.05, 4.69) is 89.8 Å². The van der Waals surface area contributed by atoms with Gasteiger partial charge in [0.2, 0.25) is 0 Å². The van der Waals surface area contributed by atoms with Crippen LogP contribution in [0.15, 0.2) is 53.0 Å². The Kier molecular flexibility index (Phi) is 4.96. The molecule has 0 spiro atoms. The lowest BCUT2D eigenvalue weighted by atomic mass is 10.00. The molecule has 1 aromatic heterocycles. The number of nitrogens with zero attached hydrogens (tertiary/aromatic N) is 6. The zero-order valence-corrected chi connectivity index (χ0v) is 17.3. The van der Waals surface area contributed by atoms with Crippen molar-refractivity contribution in [3.63, 3.8) is 0 Å². The Morgan fingerprint density at radius 2 is 1.82 bits per heavy atom. The Labute approximate surface area is 173 Å². The third-order valence-electron chi connectivity index (χ3n) is 5.86. The van der Waals surface area contributed by atoms with Crippen LogP contribution in [0.2, 0.25) is 0 Å². The minimum atomic E-state index is 0.420. The van der Waals surface area contributed by atoms with Crippen molar-refractivity contribution in [2.24, 2.45) is 0 Å². The van der Waals surface area contributed by atoms with E-state index in [-0.39, 0.29) is 0 Å². The van der Waals surface area contributed by atoms with E-state index < -0.39 is 0 Å². The summed E-state index contributed by atoms with van der Waals surface area (Å²) < 4.78 is 3.04. The molecule has 0 amide bonds. The van der Waals surface area contributed by atoms with Crippen LogP contribution in [0.5, 0.6) is 0 Å². The van der Waals surface area contributed by atoms with Crippen LogP contribution in [0.3, 0.4) is 0 Å². The van der Waals surface area contributed by atoms with Crippen molar-refractivity contribution in [3.8, 4) is 11.4 Å². The van der Waals surface area contributed by atoms with E-state index in [4.69, 9.17) is 0 Å². The highest BCUT2D eigenvalue weighted by atomic mass is 79.9. The molecule has 0 aliphatic carbocycles. The minimum absolute atomic E-state index is 0.420. The first-order valence-electron chi connectivity index (χ1n) is 9.81. The molecule has 6 nitrogen and oxygen atoms in total. The monoisotopic (exact) mass is 438 g/mol. The molecule has 0 N–H and O–H groups in total. The average Bonchev–Trinajstić information content (AvgIpc) is 3.12. The molecule has 1 unspecified atom stereocenters. The first-order chi connectivity index (χ1) is 13.8. The number of hydrogen-bond donors (Lipinski definition) is 0. The van der Waals surface area contributed by atoms with Crippen LogP contribution in [0, 0.1) is 0 Å². The quantitative estimate of drug-likeness (QED) is 0.629. The standard InChI is InChI=1S/C21H23BrN6/c22-18-7-6-17-12-19(15-28-21(20(17)13-18)23-24-25-28)27-10-8-26(9-11-27)14-16-4-2-1-3-5-16/h1-7,13,19H,8-12,14-15H2. The van der Waals surface area contributed by atoms with Crippen molar-refractivity contribution < 1.29 is 0 Å². The molecule has 5 rings (SSSR count). The van der Waals surface area contributed by atoms with Gasteiger partial charge < -0.3 is 0 Å². The molecule has 1 atom stereocenters. The second kappa shape index (κ2) is 7.73. The van der Waals surface area contributed by atoms with Gasteiger partial charge in [0.05, 0.1) is 6.54 Å². The second-order valence-electron chi connectivity index (χ2n) is 7.64. The van der Waals surface area contributed by atoms with Crippen molar-refractivity contribution in [2.75, 3.05) is 26.2 Å². The molecule has 3 heterocycles. The fourth-order valence-corrected chi connectivity index (χ4v) is 4.71. The number of rotatable bonds is 3. The van der Waals surface area contributed by atoms with Gasteiger partial charge in [0, 0.05) is 48.8 Å². The summed E-state index contributed by atoms with van der Waals surface area (Å²) in [5.41, 5.74) is 3.86. The summed E-state index contributed by atoms with van der Waals surface area (Å²) in [4.78, 5) is 5.17. The molecular formula is C21H23BrN6. The van der Waals surface area contributed by atoms with Crippen molar-refractivity contribution in [1.29, 1.82) is 0 Å². The van der Waals surface area contributed by atoms with Crippen LogP contribution in [-0.4, -0.2) is 62.2 Å². The van der Waals surface area contributed by atoms with Crippen molar-refractivity contribution in [2.45, 2.75) is 25.6 Å². The Bertz CT molecular complexity index is 949. The zero-order valence-electron chi connectivity index (χ0n) is 15.7. The first kappa shape index (κ1) is 18.0. The fourth-order valence-electron chi connectivity index (χ4n) is 4.35. The van der Waals surface area contributed by atoms with Crippen LogP contribution in [-0.2, 0) is 19.5 Å². The van der Waals surface area contributed by atoms with Crippen LogP contribution in [0.25, 0.3) is 11.4 Å². The van der Waals surface area contributed by atoms with Crippen molar-refractivity contribution in [3.05, 3.63) is 64.1 Å². The predicted octanol–water partition coefficient (Wildman–Crippen LogP) is 2.85. The lowest BCUT2D eigenvalue weighted by Crippen LogP contribution is -2.51. The van der Waals surface area contributed by atoms with Gasteiger partial charge in [-0.2, -0.15) is 0 Å². The normalized spacial score (nSPS) is 20.4. The molecule has 3 aromatic rings. The summed E-state index contributed by atoms with van der Waals surface area (Å²) in [6.45, 7) is 6.24. The largest absolute Gasteiger partial charge is 0.297 e. The van der Waals surface area contributed by atoms with Gasteiger partial charge in [-0.1, -0.05) is 52.3 Å². The molecule has 1 saturated heterocycles. The van der Waals surface area contributed by atoms with Gasteiger partial charge >= 0.3 is 0 Å². The molecule has 0 bridgehead atoms. The van der Waals surface area contributed by atoms with Gasteiger partial charge in [-0.3, -0.25) is 9.80 Å². The Morgan fingerprint density at radius 1 is 1.00 bits per heavy atom. The summed E-state index contributed by atoms with van der Waals surface area (Å²) in [7, 11) is 0. The maximum atomic E-state index is 4.29. The number of hydrogen-bond acceptors (Lipinski definition) is 5. The second-order valence-corrected chi connectivity index (χ2v) is 8.56. The summed E-state index contributed by atoms with van der Waals surface area (Å²) >= 11 is 3.59. The molecular weight excluding hydrogens is 416 g/mol. The average molecular weight is 439 g/mol. The van der Waals surface area contributed by atoms with E-state index in [1.54, 1.807) is 0 Å². The van der Waals surface area contributed by atoms with E-state index in [9.17, 15) is 0 Å². The summed E-state index contributed by atoms with van der Waals surface area (Å²) in [5, 5.41) is 12.5. The van der Waals surface area contributed by atoms with Gasteiger partial charge in [0.15, 0.2) is 5.82 Å². The van der Waals surface area contributed by atoms with Crippen molar-refractivity contribution >= 4 is 15.9 Å². The smallest absolute Gasteiger partial charge is 0.182 e. The molecule has 2 aromatic carbocycles. The van der Waals surface area contributed by atoms with Gasteiger partial charge in [0.1, 0.15) is 0 Å². The van der Waals surface area contributed by atoms with E-state index in [0.29, 0.717) is 6.04 Å². The van der Waals surface area contributed by atoms with Crippen LogP contribution < -0.4 is 0 Å². The lowest BCUT2D eigenvalue weighted by Gasteiger charge is -2.39. The molecule has 0 saturated carbocycles. The van der Waals surface area contributed by atoms with Gasteiger partial charge in [0.25, 0.3) is 0 Å². The zero-order chi connectivity index (χ0) is 18.9. The molecule has 7 heteroatoms. The number of benzene rings is 2. The summed E-state index contributed by atoms with van der Waals surface area (Å²) in [5.74, 6) is 0.876. The van der Waals surface area contributed by atoms with Crippen LogP contribution in [0.4, 0.5) is 0 Å². The molecule has 144 valence electrons. The molecule has 1 fully saturated rings. The highest BCUT2D eigenvalue weighted by molar-refractivity contribution is 9.10. The van der Waals surface area contributed by atoms with Crippen LogP contribution in [0.1, 0.15) is 11.1 Å². The minimum Gasteiger partial charge on any atom is -0.297 e. The third-order valence-corrected chi connectivity index (χ3v) is 6.35. The highest BCUT2D eigenvalue weighted by Gasteiger charge is 2.29. The number of halogens is 1. The maximum Gasteiger partial charge on any atom is 0.182 e. The molecule has 0 radical (unpaired) electrons. The van der Waals surface area contributed by atoms with E-state index in [0.717, 1.165) is 61.5 Å². The lowest BCUT2D eigenvalue weighted by molar-refractivity contribution is 0.0833. The molecule has 2 aliphatic rings. The number of fused-ring (bicyclic) bond motifs is 3.